The van der Waals surface area contributed by atoms with Gasteiger partial charge < -0.3 is 20.0 Å². The molecule has 1 saturated heterocycles. The van der Waals surface area contributed by atoms with Gasteiger partial charge in [-0.3, -0.25) is 9.59 Å². The molecule has 1 aliphatic rings. The first-order valence-corrected chi connectivity index (χ1v) is 14.5. The molecule has 1 atom stereocenters. The van der Waals surface area contributed by atoms with Crippen LogP contribution in [0, 0.1) is 6.92 Å². The lowest BCUT2D eigenvalue weighted by Crippen LogP contribution is -2.32. The summed E-state index contributed by atoms with van der Waals surface area (Å²) in [6.45, 7) is 3.59. The van der Waals surface area contributed by atoms with Crippen molar-refractivity contribution >= 4 is 23.2 Å². The summed E-state index contributed by atoms with van der Waals surface area (Å²) < 4.78 is 44.3. The summed E-state index contributed by atoms with van der Waals surface area (Å²) in [5.74, 6) is -0.205. The van der Waals surface area contributed by atoms with Crippen LogP contribution in [0.15, 0.2) is 64.6 Å². The van der Waals surface area contributed by atoms with E-state index in [0.29, 0.717) is 43.1 Å². The number of halogens is 3. The van der Waals surface area contributed by atoms with E-state index in [1.54, 1.807) is 29.2 Å². The highest BCUT2D eigenvalue weighted by Gasteiger charge is 2.34. The number of hydrogen-bond acceptors (Lipinski definition) is 7. The van der Waals surface area contributed by atoms with Crippen molar-refractivity contribution in [3.8, 4) is 11.5 Å². The van der Waals surface area contributed by atoms with Crippen LogP contribution in [0.25, 0.3) is 11.5 Å². The Morgan fingerprint density at radius 1 is 1.12 bits per heavy atom. The maximum Gasteiger partial charge on any atom is 0.416 e. The Kier molecular flexibility index (Phi) is 9.03. The maximum absolute atomic E-state index is 13.7. The summed E-state index contributed by atoms with van der Waals surface area (Å²) >= 11 is 1.53. The zero-order chi connectivity index (χ0) is 29.7. The molecule has 42 heavy (non-hydrogen) atoms. The fourth-order valence-electron chi connectivity index (χ4n) is 4.87. The lowest BCUT2D eigenvalue weighted by molar-refractivity contribution is -0.137. The van der Waals surface area contributed by atoms with E-state index >= 15 is 0 Å². The first kappa shape index (κ1) is 29.5. The first-order valence-electron chi connectivity index (χ1n) is 13.6. The predicted molar refractivity (Wildman–Crippen MR) is 152 cm³/mol. The molecule has 0 aliphatic carbocycles. The molecular formula is C30H30F3N5O3S. The molecule has 2 N–H and O–H groups in total. The third-order valence-electron chi connectivity index (χ3n) is 6.92. The topological polar surface area (TPSA) is 100 Å². The fraction of sp³-hybridized carbons (Fsp3) is 0.333. The van der Waals surface area contributed by atoms with E-state index in [1.807, 2.05) is 12.3 Å². The van der Waals surface area contributed by atoms with Gasteiger partial charge in [0.05, 0.1) is 17.9 Å². The lowest BCUT2D eigenvalue weighted by Gasteiger charge is -2.23. The Balaban J connectivity index is 1.22. The summed E-state index contributed by atoms with van der Waals surface area (Å²) in [6, 6.07) is 11.5. The van der Waals surface area contributed by atoms with Crippen molar-refractivity contribution in [2.24, 2.45) is 0 Å². The van der Waals surface area contributed by atoms with Gasteiger partial charge in [0.1, 0.15) is 16.4 Å². The summed E-state index contributed by atoms with van der Waals surface area (Å²) in [6.07, 6.45) is -0.674. The largest absolute Gasteiger partial charge is 0.463 e. The number of nitrogens with one attached hydrogen (secondary N) is 2. The molecule has 1 aliphatic heterocycles. The van der Waals surface area contributed by atoms with Crippen molar-refractivity contribution in [1.82, 2.24) is 25.5 Å². The van der Waals surface area contributed by atoms with E-state index in [2.05, 4.69) is 20.6 Å². The Labute approximate surface area is 245 Å². The van der Waals surface area contributed by atoms with Crippen molar-refractivity contribution in [2.75, 3.05) is 19.6 Å². The molecule has 0 bridgehead atoms. The monoisotopic (exact) mass is 597 g/mol. The summed E-state index contributed by atoms with van der Waals surface area (Å²) in [7, 11) is 0. The Hall–Kier alpha value is -4.03. The Bertz CT molecular complexity index is 1540. The van der Waals surface area contributed by atoms with Crippen LogP contribution in [0.4, 0.5) is 13.2 Å². The van der Waals surface area contributed by atoms with E-state index in [4.69, 9.17) is 4.42 Å². The number of alkyl halides is 3. The van der Waals surface area contributed by atoms with Gasteiger partial charge >= 0.3 is 6.18 Å². The molecule has 1 aromatic carbocycles. The highest BCUT2D eigenvalue weighted by atomic mass is 32.1. The number of aryl methyl sites for hydroxylation is 1. The van der Waals surface area contributed by atoms with Crippen molar-refractivity contribution in [2.45, 2.75) is 44.9 Å². The zero-order valence-electron chi connectivity index (χ0n) is 22.9. The predicted octanol–water partition coefficient (Wildman–Crippen LogP) is 6.01. The van der Waals surface area contributed by atoms with E-state index in [-0.39, 0.29) is 35.7 Å². The number of likely N-dealkylation sites (tertiary alicyclic amines) is 1. The normalized spacial score (nSPS) is 15.2. The number of rotatable bonds is 10. The van der Waals surface area contributed by atoms with Gasteiger partial charge in [-0.25, -0.2) is 9.97 Å². The van der Waals surface area contributed by atoms with Crippen LogP contribution in [-0.4, -0.2) is 46.3 Å². The van der Waals surface area contributed by atoms with Crippen LogP contribution in [0.1, 0.15) is 68.0 Å². The molecule has 4 heterocycles. The molecule has 0 saturated carbocycles. The summed E-state index contributed by atoms with van der Waals surface area (Å²) in [4.78, 5) is 37.7. The third kappa shape index (κ3) is 7.05. The van der Waals surface area contributed by atoms with Crippen molar-refractivity contribution in [3.63, 3.8) is 0 Å². The second-order valence-corrected chi connectivity index (χ2v) is 11.0. The molecular weight excluding hydrogens is 567 g/mol. The van der Waals surface area contributed by atoms with Crippen LogP contribution in [0.2, 0.25) is 0 Å². The average Bonchev–Trinajstić information content (AvgIpc) is 3.76. The molecule has 220 valence electrons. The van der Waals surface area contributed by atoms with Crippen LogP contribution in [0.5, 0.6) is 0 Å². The molecule has 1 unspecified atom stereocenters. The molecule has 8 nitrogen and oxygen atoms in total. The molecule has 4 aromatic rings. The number of nitrogens with zero attached hydrogens (tertiary/aromatic N) is 3. The van der Waals surface area contributed by atoms with Crippen LogP contribution >= 0.6 is 11.3 Å². The highest BCUT2D eigenvalue weighted by Crippen LogP contribution is 2.35. The van der Waals surface area contributed by atoms with E-state index < -0.39 is 11.7 Å². The lowest BCUT2D eigenvalue weighted by atomic mass is 10.1. The van der Waals surface area contributed by atoms with Gasteiger partial charge in [0, 0.05) is 36.3 Å². The minimum absolute atomic E-state index is 0.133. The van der Waals surface area contributed by atoms with Gasteiger partial charge in [0.2, 0.25) is 0 Å². The van der Waals surface area contributed by atoms with Gasteiger partial charge in [-0.05, 0) is 68.6 Å². The fourth-order valence-corrected chi connectivity index (χ4v) is 5.81. The minimum Gasteiger partial charge on any atom is -0.463 e. The van der Waals surface area contributed by atoms with Crippen LogP contribution < -0.4 is 10.6 Å². The van der Waals surface area contributed by atoms with E-state index in [9.17, 15) is 22.8 Å². The van der Waals surface area contributed by atoms with Crippen LogP contribution in [-0.2, 0) is 12.7 Å². The summed E-state index contributed by atoms with van der Waals surface area (Å²) in [5, 5.41) is 8.81. The molecule has 1 fully saturated rings. The molecule has 3 aromatic heterocycles. The minimum atomic E-state index is -4.38. The van der Waals surface area contributed by atoms with Gasteiger partial charge in [0.25, 0.3) is 11.8 Å². The standard InChI is InChI=1S/C30H30F3N5O3S/c1-19-18-42-28(36-19)25-8-3-12-38(25)29(40)24-16-21(15-23(37-24)26-9-4-13-41-26)27(39)35-11-5-10-34-17-20-6-2-7-22(14-20)30(31,32)33/h2,4,6-7,9,13-16,18,25,34H,3,5,8,10-12,17H2,1H3,(H,35,39). The molecule has 0 radical (unpaired) electrons. The number of furan rings is 1. The quantitative estimate of drug-likeness (QED) is 0.217. The van der Waals surface area contributed by atoms with Gasteiger partial charge in [0.15, 0.2) is 5.76 Å². The van der Waals surface area contributed by atoms with Gasteiger partial charge in [-0.2, -0.15) is 13.2 Å². The number of carbonyl (C=O) groups is 2. The number of benzene rings is 1. The average molecular weight is 598 g/mol. The number of aromatic nitrogens is 2. The van der Waals surface area contributed by atoms with E-state index in [1.165, 1.54) is 29.7 Å². The molecule has 0 spiro atoms. The number of hydrogen-bond donors (Lipinski definition) is 2. The zero-order valence-corrected chi connectivity index (χ0v) is 23.7. The van der Waals surface area contributed by atoms with Gasteiger partial charge in [-0.1, -0.05) is 18.2 Å². The molecule has 2 amide bonds. The Morgan fingerprint density at radius 3 is 2.71 bits per heavy atom. The third-order valence-corrected chi connectivity index (χ3v) is 7.98. The van der Waals surface area contributed by atoms with Crippen molar-refractivity contribution in [3.05, 3.63) is 93.3 Å². The second-order valence-electron chi connectivity index (χ2n) is 10.1. The molecule has 12 heteroatoms. The maximum atomic E-state index is 13.7. The van der Waals surface area contributed by atoms with Crippen molar-refractivity contribution < 1.29 is 27.2 Å². The Morgan fingerprint density at radius 2 is 1.98 bits per heavy atom. The second kappa shape index (κ2) is 12.9. The first-order chi connectivity index (χ1) is 20.2. The van der Waals surface area contributed by atoms with Crippen molar-refractivity contribution in [1.29, 1.82) is 0 Å². The number of thiazole rings is 1. The van der Waals surface area contributed by atoms with Crippen LogP contribution in [0.3, 0.4) is 0 Å². The highest BCUT2D eigenvalue weighted by molar-refractivity contribution is 7.09. The summed E-state index contributed by atoms with van der Waals surface area (Å²) in [5.41, 5.74) is 1.56. The number of pyridine rings is 1. The smallest absolute Gasteiger partial charge is 0.416 e. The SMILES string of the molecule is Cc1csc(C2CCCN2C(=O)c2cc(C(=O)NCCCNCc3cccc(C(F)(F)F)c3)cc(-c3ccco3)n2)n1. The molecule has 5 rings (SSSR count). The number of carbonyl (C=O) groups excluding carboxylic acids is 2. The number of amides is 2. The van der Waals surface area contributed by atoms with Gasteiger partial charge in [-0.15, -0.1) is 11.3 Å². The van der Waals surface area contributed by atoms with E-state index in [0.717, 1.165) is 35.7 Å².